The lowest BCUT2D eigenvalue weighted by atomic mass is 10.3. The molecule has 0 radical (unpaired) electrons. The molecule has 0 aromatic heterocycles. The highest BCUT2D eigenvalue weighted by Gasteiger charge is 2.18. The van der Waals surface area contributed by atoms with E-state index >= 15 is 0 Å². The first-order valence-corrected chi connectivity index (χ1v) is 5.58. The van der Waals surface area contributed by atoms with Gasteiger partial charge in [0.25, 0.3) is 12.3 Å². The molecule has 1 amide bonds. The monoisotopic (exact) mass is 277 g/mol. The molecule has 0 bridgehead atoms. The summed E-state index contributed by atoms with van der Waals surface area (Å²) in [5.74, 6) is -1.09. The number of alkyl halides is 2. The van der Waals surface area contributed by atoms with E-state index in [0.29, 0.717) is 0 Å². The van der Waals surface area contributed by atoms with Crippen LogP contribution in [0, 0.1) is 5.82 Å². The van der Waals surface area contributed by atoms with Crippen molar-refractivity contribution in [3.63, 3.8) is 0 Å². The number of nitrogens with zero attached hydrogens (tertiary/aromatic N) is 1. The number of halogens is 3. The van der Waals surface area contributed by atoms with Gasteiger partial charge in [-0.1, -0.05) is 6.07 Å². The van der Waals surface area contributed by atoms with Crippen LogP contribution in [0.2, 0.25) is 0 Å². The average Bonchev–Trinajstić information content (AvgIpc) is 2.35. The van der Waals surface area contributed by atoms with Crippen LogP contribution < -0.4 is 4.74 Å². The van der Waals surface area contributed by atoms with Gasteiger partial charge in [0.15, 0.2) is 6.61 Å². The van der Waals surface area contributed by atoms with E-state index in [9.17, 15) is 18.0 Å². The zero-order valence-corrected chi connectivity index (χ0v) is 10.1. The Morgan fingerprint density at radius 2 is 2.16 bits per heavy atom. The van der Waals surface area contributed by atoms with Gasteiger partial charge >= 0.3 is 0 Å². The van der Waals surface area contributed by atoms with Gasteiger partial charge in [-0.25, -0.2) is 13.2 Å². The minimum Gasteiger partial charge on any atom is -0.484 e. The van der Waals surface area contributed by atoms with Crippen molar-refractivity contribution in [1.29, 1.82) is 0 Å². The molecule has 0 saturated heterocycles. The Labute approximate surface area is 108 Å². The summed E-state index contributed by atoms with van der Waals surface area (Å²) in [6.45, 7) is -1.88. The largest absolute Gasteiger partial charge is 0.484 e. The molecule has 1 aromatic carbocycles. The van der Waals surface area contributed by atoms with Gasteiger partial charge < -0.3 is 14.7 Å². The van der Waals surface area contributed by atoms with Gasteiger partial charge in [-0.2, -0.15) is 0 Å². The second-order valence-electron chi connectivity index (χ2n) is 3.70. The Bertz CT molecular complexity index is 415. The van der Waals surface area contributed by atoms with Crippen molar-refractivity contribution in [1.82, 2.24) is 4.90 Å². The molecule has 0 aliphatic carbocycles. The summed E-state index contributed by atoms with van der Waals surface area (Å²) in [7, 11) is 0. The van der Waals surface area contributed by atoms with Gasteiger partial charge in [-0.05, 0) is 12.1 Å². The fraction of sp³-hybridized carbons (Fsp3) is 0.417. The highest BCUT2D eigenvalue weighted by Crippen LogP contribution is 2.12. The van der Waals surface area contributed by atoms with Gasteiger partial charge in [0.1, 0.15) is 11.6 Å². The highest BCUT2D eigenvalue weighted by molar-refractivity contribution is 5.77. The molecule has 0 aliphatic rings. The first kappa shape index (κ1) is 15.3. The van der Waals surface area contributed by atoms with Crippen LogP contribution in [0.3, 0.4) is 0 Å². The fourth-order valence-electron chi connectivity index (χ4n) is 1.40. The topological polar surface area (TPSA) is 49.8 Å². The van der Waals surface area contributed by atoms with Crippen molar-refractivity contribution in [2.75, 3.05) is 26.3 Å². The van der Waals surface area contributed by atoms with Gasteiger partial charge in [-0.3, -0.25) is 4.79 Å². The van der Waals surface area contributed by atoms with E-state index in [4.69, 9.17) is 9.84 Å². The zero-order chi connectivity index (χ0) is 14.3. The highest BCUT2D eigenvalue weighted by atomic mass is 19.3. The Morgan fingerprint density at radius 1 is 1.42 bits per heavy atom. The molecule has 7 heteroatoms. The van der Waals surface area contributed by atoms with E-state index < -0.39 is 37.9 Å². The predicted octanol–water partition coefficient (Wildman–Crippen LogP) is 1.29. The fourth-order valence-corrected chi connectivity index (χ4v) is 1.40. The maximum Gasteiger partial charge on any atom is 0.260 e. The number of benzene rings is 1. The minimum atomic E-state index is -2.69. The van der Waals surface area contributed by atoms with Crippen molar-refractivity contribution < 1.29 is 27.8 Å². The third-order valence-corrected chi connectivity index (χ3v) is 2.24. The average molecular weight is 277 g/mol. The summed E-state index contributed by atoms with van der Waals surface area (Å²) in [5.41, 5.74) is 0. The molecule has 0 unspecified atom stereocenters. The minimum absolute atomic E-state index is 0.134. The van der Waals surface area contributed by atoms with E-state index in [1.807, 2.05) is 0 Å². The number of rotatable bonds is 7. The zero-order valence-electron chi connectivity index (χ0n) is 10.1. The maximum atomic E-state index is 12.8. The standard InChI is InChI=1S/C12H14F3NO3/c13-9-2-1-3-10(6-9)19-8-12(18)16(4-5-17)7-11(14)15/h1-3,6,11,17H,4-5,7-8H2. The van der Waals surface area contributed by atoms with Crippen LogP contribution in [0.1, 0.15) is 0 Å². The molecular weight excluding hydrogens is 263 g/mol. The SMILES string of the molecule is O=C(COc1cccc(F)c1)N(CCO)CC(F)F. The maximum absolute atomic E-state index is 12.8. The lowest BCUT2D eigenvalue weighted by molar-refractivity contribution is -0.135. The summed E-state index contributed by atoms with van der Waals surface area (Å²) in [6, 6.07) is 5.14. The third-order valence-electron chi connectivity index (χ3n) is 2.24. The normalized spacial score (nSPS) is 10.6. The van der Waals surface area contributed by atoms with Crippen LogP contribution in [-0.4, -0.2) is 48.6 Å². The lowest BCUT2D eigenvalue weighted by Gasteiger charge is -2.21. The first-order chi connectivity index (χ1) is 9.02. The molecule has 0 heterocycles. The van der Waals surface area contributed by atoms with Crippen LogP contribution in [0.25, 0.3) is 0 Å². The number of aliphatic hydroxyl groups is 1. The number of hydrogen-bond acceptors (Lipinski definition) is 3. The van der Waals surface area contributed by atoms with Crippen molar-refractivity contribution in [3.8, 4) is 5.75 Å². The number of hydrogen-bond donors (Lipinski definition) is 1. The summed E-state index contributed by atoms with van der Waals surface area (Å²) < 4.78 is 42.3. The first-order valence-electron chi connectivity index (χ1n) is 5.58. The van der Waals surface area contributed by atoms with E-state index in [-0.39, 0.29) is 12.3 Å². The molecule has 19 heavy (non-hydrogen) atoms. The van der Waals surface area contributed by atoms with Crippen LogP contribution in [0.4, 0.5) is 13.2 Å². The lowest BCUT2D eigenvalue weighted by Crippen LogP contribution is -2.40. The van der Waals surface area contributed by atoms with Gasteiger partial charge in [0.05, 0.1) is 13.2 Å². The van der Waals surface area contributed by atoms with Crippen LogP contribution in [0.15, 0.2) is 24.3 Å². The van der Waals surface area contributed by atoms with Gasteiger partial charge in [-0.15, -0.1) is 0 Å². The molecule has 0 aliphatic heterocycles. The molecule has 0 atom stereocenters. The van der Waals surface area contributed by atoms with E-state index in [0.717, 1.165) is 11.0 Å². The van der Waals surface area contributed by atoms with Crippen LogP contribution in [0.5, 0.6) is 5.75 Å². The molecule has 0 saturated carbocycles. The van der Waals surface area contributed by atoms with E-state index in [2.05, 4.69) is 0 Å². The number of carbonyl (C=O) groups is 1. The summed E-state index contributed by atoms with van der Waals surface area (Å²) in [4.78, 5) is 12.4. The van der Waals surface area contributed by atoms with Crippen molar-refractivity contribution in [3.05, 3.63) is 30.1 Å². The molecule has 0 fully saturated rings. The number of ether oxygens (including phenoxy) is 1. The Balaban J connectivity index is 2.52. The van der Waals surface area contributed by atoms with E-state index in [1.165, 1.54) is 18.2 Å². The van der Waals surface area contributed by atoms with E-state index in [1.54, 1.807) is 0 Å². The summed E-state index contributed by atoms with van der Waals surface area (Å²) in [5, 5.41) is 8.69. The van der Waals surface area contributed by atoms with Gasteiger partial charge in [0.2, 0.25) is 0 Å². The molecule has 1 aromatic rings. The van der Waals surface area contributed by atoms with Crippen LogP contribution >= 0.6 is 0 Å². The summed E-state index contributed by atoms with van der Waals surface area (Å²) in [6.07, 6.45) is -2.69. The Kier molecular flexibility index (Phi) is 6.14. The van der Waals surface area contributed by atoms with Crippen molar-refractivity contribution in [2.45, 2.75) is 6.43 Å². The smallest absolute Gasteiger partial charge is 0.260 e. The molecular formula is C12H14F3NO3. The molecule has 4 nitrogen and oxygen atoms in total. The second kappa shape index (κ2) is 7.63. The van der Waals surface area contributed by atoms with Crippen LogP contribution in [-0.2, 0) is 4.79 Å². The molecule has 0 spiro atoms. The predicted molar refractivity (Wildman–Crippen MR) is 61.6 cm³/mol. The van der Waals surface area contributed by atoms with Crippen molar-refractivity contribution >= 4 is 5.91 Å². The molecule has 1 rings (SSSR count). The molecule has 106 valence electrons. The molecule has 1 N–H and O–H groups in total. The third kappa shape index (κ3) is 5.60. The number of amides is 1. The number of aliphatic hydroxyl groups excluding tert-OH is 1. The second-order valence-corrected chi connectivity index (χ2v) is 3.70. The Morgan fingerprint density at radius 3 is 2.74 bits per heavy atom. The quantitative estimate of drug-likeness (QED) is 0.817. The Hall–Kier alpha value is -1.76. The van der Waals surface area contributed by atoms with Crippen molar-refractivity contribution in [2.24, 2.45) is 0 Å². The van der Waals surface area contributed by atoms with Gasteiger partial charge in [0, 0.05) is 12.6 Å². The summed E-state index contributed by atoms with van der Waals surface area (Å²) >= 11 is 0. The number of carbonyl (C=O) groups excluding carboxylic acids is 1.